The van der Waals surface area contributed by atoms with E-state index in [0.29, 0.717) is 12.4 Å². The Kier molecular flexibility index (Phi) is 3.44. The SMILES string of the molecule is Fc1ccc(OCc2nnc3n2CCCCC3)cc1. The van der Waals surface area contributed by atoms with Gasteiger partial charge in [0.15, 0.2) is 5.82 Å². The highest BCUT2D eigenvalue weighted by molar-refractivity contribution is 5.22. The normalized spacial score (nSPS) is 14.8. The summed E-state index contributed by atoms with van der Waals surface area (Å²) < 4.78 is 20.6. The van der Waals surface area contributed by atoms with Gasteiger partial charge in [-0.05, 0) is 37.1 Å². The Morgan fingerprint density at radius 2 is 1.95 bits per heavy atom. The van der Waals surface area contributed by atoms with Crippen LogP contribution < -0.4 is 4.74 Å². The molecule has 0 atom stereocenters. The predicted molar refractivity (Wildman–Crippen MR) is 68.3 cm³/mol. The maximum Gasteiger partial charge on any atom is 0.171 e. The summed E-state index contributed by atoms with van der Waals surface area (Å²) in [5, 5.41) is 8.40. The van der Waals surface area contributed by atoms with E-state index >= 15 is 0 Å². The number of nitrogens with zero attached hydrogens (tertiary/aromatic N) is 3. The quantitative estimate of drug-likeness (QED) is 0.853. The molecular formula is C14H16FN3O. The van der Waals surface area contributed by atoms with Crippen LogP contribution in [0.25, 0.3) is 0 Å². The van der Waals surface area contributed by atoms with Gasteiger partial charge >= 0.3 is 0 Å². The summed E-state index contributed by atoms with van der Waals surface area (Å²) >= 11 is 0. The first-order chi connectivity index (χ1) is 9.33. The van der Waals surface area contributed by atoms with E-state index < -0.39 is 0 Å². The maximum atomic E-state index is 12.8. The van der Waals surface area contributed by atoms with Gasteiger partial charge in [0.1, 0.15) is 24.0 Å². The Morgan fingerprint density at radius 3 is 2.79 bits per heavy atom. The third-order valence-corrected chi connectivity index (χ3v) is 3.37. The number of aryl methyl sites for hydroxylation is 1. The molecule has 5 heteroatoms. The van der Waals surface area contributed by atoms with E-state index in [1.165, 1.54) is 25.0 Å². The summed E-state index contributed by atoms with van der Waals surface area (Å²) in [5.74, 6) is 2.28. The third-order valence-electron chi connectivity index (χ3n) is 3.37. The van der Waals surface area contributed by atoms with Crippen molar-refractivity contribution in [3.63, 3.8) is 0 Å². The van der Waals surface area contributed by atoms with Gasteiger partial charge in [-0.1, -0.05) is 6.42 Å². The zero-order valence-electron chi connectivity index (χ0n) is 10.7. The monoisotopic (exact) mass is 261 g/mol. The second-order valence-corrected chi connectivity index (χ2v) is 4.74. The van der Waals surface area contributed by atoms with Crippen molar-refractivity contribution in [2.24, 2.45) is 0 Å². The van der Waals surface area contributed by atoms with Crippen LogP contribution >= 0.6 is 0 Å². The van der Waals surface area contributed by atoms with Crippen LogP contribution in [-0.4, -0.2) is 14.8 Å². The molecule has 0 amide bonds. The Morgan fingerprint density at radius 1 is 1.11 bits per heavy atom. The third kappa shape index (κ3) is 2.75. The van der Waals surface area contributed by atoms with Crippen molar-refractivity contribution in [1.82, 2.24) is 14.8 Å². The van der Waals surface area contributed by atoms with Gasteiger partial charge in [-0.3, -0.25) is 0 Å². The molecule has 0 spiro atoms. The van der Waals surface area contributed by atoms with Crippen LogP contribution in [-0.2, 0) is 19.6 Å². The summed E-state index contributed by atoms with van der Waals surface area (Å²) in [7, 11) is 0. The molecule has 3 rings (SSSR count). The first-order valence-electron chi connectivity index (χ1n) is 6.62. The molecule has 1 aliphatic heterocycles. The number of hydrogen-bond acceptors (Lipinski definition) is 3. The second-order valence-electron chi connectivity index (χ2n) is 4.74. The number of rotatable bonds is 3. The second kappa shape index (κ2) is 5.38. The zero-order chi connectivity index (χ0) is 13.1. The summed E-state index contributed by atoms with van der Waals surface area (Å²) in [6, 6.07) is 6.02. The van der Waals surface area contributed by atoms with Crippen molar-refractivity contribution in [3.8, 4) is 5.75 Å². The summed E-state index contributed by atoms with van der Waals surface area (Å²) in [6.07, 6.45) is 4.57. The van der Waals surface area contributed by atoms with Crippen molar-refractivity contribution >= 4 is 0 Å². The summed E-state index contributed by atoms with van der Waals surface area (Å²) in [6.45, 7) is 1.34. The van der Waals surface area contributed by atoms with Gasteiger partial charge in [-0.2, -0.15) is 0 Å². The standard InChI is InChI=1S/C14H16FN3O/c15-11-5-7-12(8-6-11)19-10-14-17-16-13-4-2-1-3-9-18(13)14/h5-8H,1-4,9-10H2. The topological polar surface area (TPSA) is 39.9 Å². The van der Waals surface area contributed by atoms with Crippen LogP contribution in [0.2, 0.25) is 0 Å². The molecule has 0 N–H and O–H groups in total. The van der Waals surface area contributed by atoms with Gasteiger partial charge in [-0.15, -0.1) is 10.2 Å². The van der Waals surface area contributed by atoms with E-state index in [9.17, 15) is 4.39 Å². The lowest BCUT2D eigenvalue weighted by molar-refractivity contribution is 0.288. The minimum absolute atomic E-state index is 0.260. The van der Waals surface area contributed by atoms with Crippen molar-refractivity contribution in [2.75, 3.05) is 0 Å². The van der Waals surface area contributed by atoms with Crippen LogP contribution in [0.3, 0.4) is 0 Å². The fourth-order valence-electron chi connectivity index (χ4n) is 2.33. The molecule has 1 aromatic heterocycles. The van der Waals surface area contributed by atoms with Crippen molar-refractivity contribution in [2.45, 2.75) is 38.8 Å². The van der Waals surface area contributed by atoms with E-state index in [-0.39, 0.29) is 5.82 Å². The highest BCUT2D eigenvalue weighted by Crippen LogP contribution is 2.17. The highest BCUT2D eigenvalue weighted by atomic mass is 19.1. The fourth-order valence-corrected chi connectivity index (χ4v) is 2.33. The Balaban J connectivity index is 1.70. The number of hydrogen-bond donors (Lipinski definition) is 0. The van der Waals surface area contributed by atoms with Crippen LogP contribution in [0.5, 0.6) is 5.75 Å². The van der Waals surface area contributed by atoms with Crippen molar-refractivity contribution in [3.05, 3.63) is 41.7 Å². The Hall–Kier alpha value is -1.91. The molecular weight excluding hydrogens is 245 g/mol. The van der Waals surface area contributed by atoms with Crippen molar-refractivity contribution in [1.29, 1.82) is 0 Å². The van der Waals surface area contributed by atoms with E-state index in [1.54, 1.807) is 12.1 Å². The number of aromatic nitrogens is 3. The van der Waals surface area contributed by atoms with Crippen LogP contribution in [0.15, 0.2) is 24.3 Å². The van der Waals surface area contributed by atoms with Gasteiger partial charge in [0, 0.05) is 13.0 Å². The zero-order valence-corrected chi connectivity index (χ0v) is 10.7. The highest BCUT2D eigenvalue weighted by Gasteiger charge is 2.14. The molecule has 0 aliphatic carbocycles. The summed E-state index contributed by atoms with van der Waals surface area (Å²) in [4.78, 5) is 0. The largest absolute Gasteiger partial charge is 0.486 e. The molecule has 0 fully saturated rings. The fraction of sp³-hybridized carbons (Fsp3) is 0.429. The number of halogens is 1. The van der Waals surface area contributed by atoms with E-state index in [4.69, 9.17) is 4.74 Å². The molecule has 0 radical (unpaired) electrons. The molecule has 0 unspecified atom stereocenters. The molecule has 1 aromatic carbocycles. The summed E-state index contributed by atoms with van der Waals surface area (Å²) in [5.41, 5.74) is 0. The van der Waals surface area contributed by atoms with Crippen molar-refractivity contribution < 1.29 is 9.13 Å². The number of benzene rings is 1. The smallest absolute Gasteiger partial charge is 0.171 e. The molecule has 0 saturated carbocycles. The molecule has 2 aromatic rings. The van der Waals surface area contributed by atoms with E-state index in [0.717, 1.165) is 31.0 Å². The first-order valence-corrected chi connectivity index (χ1v) is 6.62. The van der Waals surface area contributed by atoms with E-state index in [1.807, 2.05) is 0 Å². The molecule has 0 bridgehead atoms. The average Bonchev–Trinajstić information content (AvgIpc) is 2.66. The predicted octanol–water partition coefficient (Wildman–Crippen LogP) is 2.72. The van der Waals surface area contributed by atoms with Gasteiger partial charge in [0.05, 0.1) is 0 Å². The molecule has 19 heavy (non-hydrogen) atoms. The molecule has 2 heterocycles. The Labute approximate surface area is 111 Å². The lowest BCUT2D eigenvalue weighted by Crippen LogP contribution is -2.08. The van der Waals surface area contributed by atoms with Crippen LogP contribution in [0, 0.1) is 5.82 Å². The first kappa shape index (κ1) is 12.1. The molecule has 4 nitrogen and oxygen atoms in total. The molecule has 1 aliphatic rings. The van der Waals surface area contributed by atoms with Gasteiger partial charge in [0.25, 0.3) is 0 Å². The minimum atomic E-state index is -0.260. The maximum absolute atomic E-state index is 12.8. The Bertz CT molecular complexity index is 550. The lowest BCUT2D eigenvalue weighted by Gasteiger charge is -2.08. The minimum Gasteiger partial charge on any atom is -0.486 e. The van der Waals surface area contributed by atoms with E-state index in [2.05, 4.69) is 14.8 Å². The molecule has 100 valence electrons. The van der Waals surface area contributed by atoms with Gasteiger partial charge in [0.2, 0.25) is 0 Å². The number of ether oxygens (including phenoxy) is 1. The van der Waals surface area contributed by atoms with Crippen LogP contribution in [0.1, 0.15) is 30.9 Å². The average molecular weight is 261 g/mol. The lowest BCUT2D eigenvalue weighted by atomic mass is 10.2. The number of fused-ring (bicyclic) bond motifs is 1. The van der Waals surface area contributed by atoms with Gasteiger partial charge < -0.3 is 9.30 Å². The van der Waals surface area contributed by atoms with Crippen LogP contribution in [0.4, 0.5) is 4.39 Å². The van der Waals surface area contributed by atoms with Gasteiger partial charge in [-0.25, -0.2) is 4.39 Å². The molecule has 0 saturated heterocycles.